The Kier molecular flexibility index (Phi) is 4.87. The zero-order valence-electron chi connectivity index (χ0n) is 13.9. The van der Waals surface area contributed by atoms with Crippen molar-refractivity contribution < 1.29 is 17.9 Å². The van der Waals surface area contributed by atoms with E-state index in [0.717, 1.165) is 17.6 Å². The van der Waals surface area contributed by atoms with Crippen LogP contribution in [0.4, 0.5) is 0 Å². The number of aromatic hydroxyl groups is 1. The first-order valence-electron chi connectivity index (χ1n) is 7.38. The van der Waals surface area contributed by atoms with Crippen molar-refractivity contribution in [2.45, 2.75) is 44.2 Å². The van der Waals surface area contributed by atoms with Crippen molar-refractivity contribution in [3.63, 3.8) is 0 Å². The van der Waals surface area contributed by atoms with Crippen LogP contribution in [0.1, 0.15) is 37.7 Å². The number of hydrogen-bond acceptors (Lipinski definition) is 5. The summed E-state index contributed by atoms with van der Waals surface area (Å²) in [6.07, 6.45) is 2.70. The highest BCUT2D eigenvalue weighted by molar-refractivity contribution is 7.90. The third-order valence-electron chi connectivity index (χ3n) is 3.61. The van der Waals surface area contributed by atoms with Crippen LogP contribution in [0.15, 0.2) is 39.8 Å². The lowest BCUT2D eigenvalue weighted by molar-refractivity contribution is 0.441. The quantitative estimate of drug-likeness (QED) is 0.877. The molecule has 0 aliphatic heterocycles. The molecule has 0 aliphatic rings. The average Bonchev–Trinajstić information content (AvgIpc) is 2.91. The molecule has 126 valence electrons. The molecule has 2 rings (SSSR count). The van der Waals surface area contributed by atoms with Crippen molar-refractivity contribution >= 4 is 9.84 Å². The first-order valence-corrected chi connectivity index (χ1v) is 9.27. The van der Waals surface area contributed by atoms with Crippen LogP contribution in [0.2, 0.25) is 0 Å². The molecular weight excluding hydrogens is 314 g/mol. The molecule has 0 atom stereocenters. The monoisotopic (exact) mass is 337 g/mol. The lowest BCUT2D eigenvalue weighted by atomic mass is 9.86. The van der Waals surface area contributed by atoms with E-state index in [9.17, 15) is 13.5 Å². The van der Waals surface area contributed by atoms with Crippen molar-refractivity contribution in [3.05, 3.63) is 47.4 Å². The maximum Gasteiger partial charge on any atom is 0.179 e. The van der Waals surface area contributed by atoms with E-state index < -0.39 is 9.84 Å². The van der Waals surface area contributed by atoms with Gasteiger partial charge in [-0.1, -0.05) is 26.8 Å². The highest BCUT2D eigenvalue weighted by Gasteiger charge is 2.22. The first kappa shape index (κ1) is 17.6. The van der Waals surface area contributed by atoms with Crippen molar-refractivity contribution in [2.24, 2.45) is 0 Å². The van der Waals surface area contributed by atoms with Gasteiger partial charge < -0.3 is 14.8 Å². The summed E-state index contributed by atoms with van der Waals surface area (Å²) in [7, 11) is -3.50. The second-order valence-corrected chi connectivity index (χ2v) is 8.67. The molecule has 0 aliphatic carbocycles. The Bertz CT molecular complexity index is 772. The average molecular weight is 337 g/mol. The van der Waals surface area contributed by atoms with Crippen molar-refractivity contribution in [1.29, 1.82) is 0 Å². The summed E-state index contributed by atoms with van der Waals surface area (Å²) >= 11 is 0. The van der Waals surface area contributed by atoms with Gasteiger partial charge in [0.2, 0.25) is 0 Å². The number of furan rings is 1. The van der Waals surface area contributed by atoms with Crippen molar-refractivity contribution in [2.75, 3.05) is 6.26 Å². The van der Waals surface area contributed by atoms with Gasteiger partial charge in [0, 0.05) is 18.4 Å². The van der Waals surface area contributed by atoms with Gasteiger partial charge in [0.15, 0.2) is 9.84 Å². The lowest BCUT2D eigenvalue weighted by Gasteiger charge is -2.22. The largest absolute Gasteiger partial charge is 0.506 e. The summed E-state index contributed by atoms with van der Waals surface area (Å²) in [4.78, 5) is -0.0280. The van der Waals surface area contributed by atoms with E-state index in [1.54, 1.807) is 18.4 Å². The van der Waals surface area contributed by atoms with Gasteiger partial charge in [-0.05, 0) is 29.2 Å². The van der Waals surface area contributed by atoms with E-state index in [2.05, 4.69) is 5.32 Å². The number of rotatable bonds is 5. The summed E-state index contributed by atoms with van der Waals surface area (Å²) in [5.74, 6) is 0.590. The Labute approximate surface area is 137 Å². The van der Waals surface area contributed by atoms with Crippen LogP contribution in [0.25, 0.3) is 0 Å². The third kappa shape index (κ3) is 4.36. The fourth-order valence-electron chi connectivity index (χ4n) is 2.25. The maximum atomic E-state index is 12.0. The molecule has 0 bridgehead atoms. The van der Waals surface area contributed by atoms with E-state index >= 15 is 0 Å². The fraction of sp³-hybridized carbons (Fsp3) is 0.412. The summed E-state index contributed by atoms with van der Waals surface area (Å²) in [5, 5.41) is 13.5. The molecule has 0 saturated carbocycles. The smallest absolute Gasteiger partial charge is 0.179 e. The number of nitrogens with one attached hydrogen (secondary N) is 1. The summed E-state index contributed by atoms with van der Waals surface area (Å²) in [6, 6.07) is 7.05. The maximum absolute atomic E-state index is 12.0. The van der Waals surface area contributed by atoms with E-state index in [0.29, 0.717) is 18.7 Å². The second kappa shape index (κ2) is 6.37. The van der Waals surface area contributed by atoms with Gasteiger partial charge >= 0.3 is 0 Å². The Balaban J connectivity index is 2.33. The van der Waals surface area contributed by atoms with Gasteiger partial charge in [-0.25, -0.2) is 8.42 Å². The van der Waals surface area contributed by atoms with Crippen LogP contribution in [-0.2, 0) is 28.3 Å². The molecule has 1 aromatic heterocycles. The molecule has 0 spiro atoms. The van der Waals surface area contributed by atoms with Crippen LogP contribution in [0.5, 0.6) is 5.75 Å². The number of phenolic OH excluding ortho intramolecular Hbond substituents is 1. The normalized spacial score (nSPS) is 12.5. The molecule has 2 N–H and O–H groups in total. The van der Waals surface area contributed by atoms with Crippen LogP contribution < -0.4 is 5.32 Å². The molecule has 0 saturated heterocycles. The molecule has 2 aromatic rings. The Hall–Kier alpha value is -1.79. The Morgan fingerprint density at radius 1 is 1.22 bits per heavy atom. The van der Waals surface area contributed by atoms with E-state index in [-0.39, 0.29) is 16.1 Å². The van der Waals surface area contributed by atoms with E-state index in [1.807, 2.05) is 32.9 Å². The highest BCUT2D eigenvalue weighted by Crippen LogP contribution is 2.33. The summed E-state index contributed by atoms with van der Waals surface area (Å²) < 4.78 is 29.1. The molecule has 5 nitrogen and oxygen atoms in total. The molecule has 0 unspecified atom stereocenters. The number of sulfone groups is 1. The molecular formula is C17H23NO4S. The molecule has 0 amide bonds. The van der Waals surface area contributed by atoms with Crippen LogP contribution in [-0.4, -0.2) is 19.8 Å². The van der Waals surface area contributed by atoms with Crippen LogP contribution in [0, 0.1) is 0 Å². The van der Waals surface area contributed by atoms with Gasteiger partial charge in [-0.15, -0.1) is 0 Å². The molecule has 0 fully saturated rings. The number of phenols is 1. The van der Waals surface area contributed by atoms with Crippen LogP contribution >= 0.6 is 0 Å². The van der Waals surface area contributed by atoms with Gasteiger partial charge in [0.05, 0.1) is 12.8 Å². The van der Waals surface area contributed by atoms with Gasteiger partial charge in [0.1, 0.15) is 16.4 Å². The number of benzene rings is 1. The molecule has 23 heavy (non-hydrogen) atoms. The zero-order chi connectivity index (χ0) is 17.3. The molecule has 0 radical (unpaired) electrons. The highest BCUT2D eigenvalue weighted by atomic mass is 32.2. The topological polar surface area (TPSA) is 79.5 Å². The molecule has 6 heteroatoms. The zero-order valence-corrected chi connectivity index (χ0v) is 14.7. The SMILES string of the molecule is CC(C)(C)c1cc(CNCc2ccco2)c(O)c(S(C)(=O)=O)c1. The third-order valence-corrected chi connectivity index (χ3v) is 4.72. The van der Waals surface area contributed by atoms with E-state index in [1.165, 1.54) is 0 Å². The van der Waals surface area contributed by atoms with Crippen molar-refractivity contribution in [1.82, 2.24) is 5.32 Å². The molecule has 1 aromatic carbocycles. The van der Waals surface area contributed by atoms with Gasteiger partial charge in [-0.2, -0.15) is 0 Å². The minimum atomic E-state index is -3.50. The van der Waals surface area contributed by atoms with Crippen molar-refractivity contribution in [3.8, 4) is 5.75 Å². The first-order chi connectivity index (χ1) is 10.6. The number of hydrogen-bond donors (Lipinski definition) is 2. The van der Waals surface area contributed by atoms with E-state index in [4.69, 9.17) is 4.42 Å². The summed E-state index contributed by atoms with van der Waals surface area (Å²) in [6.45, 7) is 6.86. The second-order valence-electron chi connectivity index (χ2n) is 6.69. The predicted octanol–water partition coefficient (Wildman–Crippen LogP) is 2.98. The Morgan fingerprint density at radius 3 is 2.43 bits per heavy atom. The lowest BCUT2D eigenvalue weighted by Crippen LogP contribution is -2.17. The Morgan fingerprint density at radius 2 is 1.91 bits per heavy atom. The fourth-order valence-corrected chi connectivity index (χ4v) is 3.07. The predicted molar refractivity (Wildman–Crippen MR) is 89.2 cm³/mol. The standard InChI is InChI=1S/C17H23NO4S/c1-17(2,3)13-8-12(10-18-11-14-6-5-7-22-14)16(19)15(9-13)23(4,20)21/h5-9,18-19H,10-11H2,1-4H3. The van der Waals surface area contributed by atoms with Crippen LogP contribution in [0.3, 0.4) is 0 Å². The minimum Gasteiger partial charge on any atom is -0.506 e. The van der Waals surface area contributed by atoms with Gasteiger partial charge in [-0.3, -0.25) is 0 Å². The minimum absolute atomic E-state index is 0.0280. The summed E-state index contributed by atoms with van der Waals surface area (Å²) in [5.41, 5.74) is 1.21. The molecule has 1 heterocycles. The van der Waals surface area contributed by atoms with Gasteiger partial charge in [0.25, 0.3) is 0 Å².